The van der Waals surface area contributed by atoms with Gasteiger partial charge in [0.25, 0.3) is 5.69 Å². The van der Waals surface area contributed by atoms with Gasteiger partial charge in [0, 0.05) is 25.2 Å². The van der Waals surface area contributed by atoms with Crippen molar-refractivity contribution in [3.63, 3.8) is 0 Å². The Labute approximate surface area is 123 Å². The van der Waals surface area contributed by atoms with Crippen LogP contribution in [0, 0.1) is 16.0 Å². The first-order valence-corrected chi connectivity index (χ1v) is 6.94. The molecule has 1 heterocycles. The maximum atomic E-state index is 11.3. The molecule has 0 aromatic heterocycles. The summed E-state index contributed by atoms with van der Waals surface area (Å²) in [6.07, 6.45) is 1.69. The van der Waals surface area contributed by atoms with Crippen LogP contribution in [-0.2, 0) is 11.3 Å². The number of carbonyl (C=O) groups is 1. The smallest absolute Gasteiger partial charge is 0.292 e. The maximum absolute atomic E-state index is 11.3. The first-order chi connectivity index (χ1) is 9.88. The molecule has 2 unspecified atom stereocenters. The summed E-state index contributed by atoms with van der Waals surface area (Å²) in [5.41, 5.74) is 11.9. The monoisotopic (exact) mass is 292 g/mol. The van der Waals surface area contributed by atoms with E-state index >= 15 is 0 Å². The number of piperidine rings is 1. The van der Waals surface area contributed by atoms with E-state index in [1.54, 1.807) is 12.1 Å². The lowest BCUT2D eigenvalue weighted by Gasteiger charge is -2.36. The van der Waals surface area contributed by atoms with Crippen molar-refractivity contribution in [1.82, 2.24) is 4.90 Å². The van der Waals surface area contributed by atoms with Gasteiger partial charge < -0.3 is 11.5 Å². The van der Waals surface area contributed by atoms with Crippen molar-refractivity contribution in [1.29, 1.82) is 0 Å². The molecule has 1 aliphatic heterocycles. The Kier molecular flexibility index (Phi) is 4.42. The van der Waals surface area contributed by atoms with Crippen molar-refractivity contribution < 1.29 is 9.72 Å². The number of nitro groups is 1. The second-order valence-electron chi connectivity index (χ2n) is 5.61. The fourth-order valence-electron chi connectivity index (χ4n) is 2.71. The molecule has 0 saturated carbocycles. The van der Waals surface area contributed by atoms with Crippen molar-refractivity contribution in [3.8, 4) is 0 Å². The number of likely N-dealkylation sites (tertiary alicyclic amines) is 1. The molecule has 21 heavy (non-hydrogen) atoms. The van der Waals surface area contributed by atoms with E-state index in [0.29, 0.717) is 19.1 Å². The van der Waals surface area contributed by atoms with E-state index in [2.05, 4.69) is 11.8 Å². The van der Waals surface area contributed by atoms with Gasteiger partial charge in [-0.05, 0) is 31.4 Å². The van der Waals surface area contributed by atoms with Crippen LogP contribution in [0.2, 0.25) is 0 Å². The van der Waals surface area contributed by atoms with Crippen LogP contribution in [0.3, 0.4) is 0 Å². The highest BCUT2D eigenvalue weighted by Crippen LogP contribution is 2.26. The van der Waals surface area contributed by atoms with E-state index in [9.17, 15) is 14.9 Å². The number of nitrogen functional groups attached to an aromatic ring is 1. The van der Waals surface area contributed by atoms with E-state index < -0.39 is 4.92 Å². The van der Waals surface area contributed by atoms with Gasteiger partial charge in [0.15, 0.2) is 0 Å². The number of benzene rings is 1. The summed E-state index contributed by atoms with van der Waals surface area (Å²) in [6, 6.07) is 5.14. The highest BCUT2D eigenvalue weighted by molar-refractivity contribution is 5.77. The molecular weight excluding hydrogens is 272 g/mol. The van der Waals surface area contributed by atoms with Crippen molar-refractivity contribution in [2.45, 2.75) is 32.4 Å². The molecule has 7 nitrogen and oxygen atoms in total. The van der Waals surface area contributed by atoms with E-state index in [-0.39, 0.29) is 23.2 Å². The number of hydrogen-bond acceptors (Lipinski definition) is 5. The zero-order chi connectivity index (χ0) is 15.6. The number of anilines is 1. The largest absolute Gasteiger partial charge is 0.393 e. The third kappa shape index (κ3) is 3.49. The quantitative estimate of drug-likeness (QED) is 0.492. The highest BCUT2D eigenvalue weighted by atomic mass is 16.6. The molecule has 7 heteroatoms. The third-order valence-corrected chi connectivity index (χ3v) is 4.09. The van der Waals surface area contributed by atoms with E-state index in [1.165, 1.54) is 6.07 Å². The fraction of sp³-hybridized carbons (Fsp3) is 0.500. The maximum Gasteiger partial charge on any atom is 0.292 e. The van der Waals surface area contributed by atoms with Crippen LogP contribution in [-0.4, -0.2) is 28.3 Å². The summed E-state index contributed by atoms with van der Waals surface area (Å²) < 4.78 is 0. The van der Waals surface area contributed by atoms with Gasteiger partial charge in [0.1, 0.15) is 5.69 Å². The molecule has 1 amide bonds. The average Bonchev–Trinajstić information content (AvgIpc) is 2.42. The number of amides is 1. The first-order valence-electron chi connectivity index (χ1n) is 6.94. The lowest BCUT2D eigenvalue weighted by molar-refractivity contribution is -0.384. The molecular formula is C14H20N4O3. The van der Waals surface area contributed by atoms with Gasteiger partial charge in [-0.3, -0.25) is 19.8 Å². The van der Waals surface area contributed by atoms with E-state index in [0.717, 1.165) is 18.4 Å². The molecule has 4 N–H and O–H groups in total. The molecule has 0 bridgehead atoms. The van der Waals surface area contributed by atoms with Crippen molar-refractivity contribution in [2.75, 3.05) is 12.3 Å². The molecule has 1 saturated heterocycles. The molecule has 0 spiro atoms. The minimum Gasteiger partial charge on any atom is -0.393 e. The molecule has 0 aliphatic carbocycles. The van der Waals surface area contributed by atoms with Crippen LogP contribution >= 0.6 is 0 Å². The molecule has 2 rings (SSSR count). The summed E-state index contributed by atoms with van der Waals surface area (Å²) in [6.45, 7) is 3.23. The van der Waals surface area contributed by atoms with Crippen LogP contribution in [0.5, 0.6) is 0 Å². The zero-order valence-electron chi connectivity index (χ0n) is 12.0. The van der Waals surface area contributed by atoms with Gasteiger partial charge in [-0.15, -0.1) is 0 Å². The van der Waals surface area contributed by atoms with Crippen LogP contribution in [0.25, 0.3) is 0 Å². The molecule has 114 valence electrons. The SMILES string of the molecule is CC1CCC(C(N)=O)CN1Cc1ccc(N)c([N+](=O)[O-])c1. The van der Waals surface area contributed by atoms with Gasteiger partial charge in [0.2, 0.25) is 5.91 Å². The van der Waals surface area contributed by atoms with Crippen LogP contribution in [0.15, 0.2) is 18.2 Å². The average molecular weight is 292 g/mol. The second-order valence-corrected chi connectivity index (χ2v) is 5.61. The van der Waals surface area contributed by atoms with Crippen LogP contribution in [0.4, 0.5) is 11.4 Å². The first kappa shape index (κ1) is 15.2. The second kappa shape index (κ2) is 6.09. The number of nitrogens with two attached hydrogens (primary N) is 2. The summed E-state index contributed by atoms with van der Waals surface area (Å²) in [5, 5.41) is 10.9. The number of rotatable bonds is 4. The Bertz CT molecular complexity index is 561. The van der Waals surface area contributed by atoms with E-state index in [1.807, 2.05) is 0 Å². The Morgan fingerprint density at radius 2 is 2.19 bits per heavy atom. The molecule has 1 aromatic rings. The van der Waals surface area contributed by atoms with Gasteiger partial charge in [-0.1, -0.05) is 6.07 Å². The Balaban J connectivity index is 2.14. The van der Waals surface area contributed by atoms with Gasteiger partial charge in [-0.25, -0.2) is 0 Å². The number of nitrogens with zero attached hydrogens (tertiary/aromatic N) is 2. The zero-order valence-corrected chi connectivity index (χ0v) is 12.0. The molecule has 1 fully saturated rings. The van der Waals surface area contributed by atoms with Gasteiger partial charge in [-0.2, -0.15) is 0 Å². The minimum absolute atomic E-state index is 0.0800. The standard InChI is InChI=1S/C14H20N4O3/c1-9-2-4-11(14(16)19)8-17(9)7-10-3-5-12(15)13(6-10)18(20)21/h3,5-6,9,11H,2,4,7-8,15H2,1H3,(H2,16,19). The minimum atomic E-state index is -0.481. The Morgan fingerprint density at radius 3 is 2.81 bits per heavy atom. The van der Waals surface area contributed by atoms with Crippen molar-refractivity contribution >= 4 is 17.3 Å². The number of primary amides is 1. The lowest BCUT2D eigenvalue weighted by atomic mass is 9.92. The van der Waals surface area contributed by atoms with Crippen molar-refractivity contribution in [2.24, 2.45) is 11.7 Å². The predicted molar refractivity (Wildman–Crippen MR) is 79.3 cm³/mol. The predicted octanol–water partition coefficient (Wildman–Crippen LogP) is 1.26. The normalized spacial score (nSPS) is 22.9. The Morgan fingerprint density at radius 1 is 1.48 bits per heavy atom. The van der Waals surface area contributed by atoms with Crippen molar-refractivity contribution in [3.05, 3.63) is 33.9 Å². The van der Waals surface area contributed by atoms with Crippen LogP contribution in [0.1, 0.15) is 25.3 Å². The molecule has 1 aliphatic rings. The number of carbonyl (C=O) groups excluding carboxylic acids is 1. The molecule has 1 aromatic carbocycles. The number of nitro benzene ring substituents is 1. The summed E-state index contributed by atoms with van der Waals surface area (Å²) in [7, 11) is 0. The topological polar surface area (TPSA) is 115 Å². The lowest BCUT2D eigenvalue weighted by Crippen LogP contribution is -2.45. The fourth-order valence-corrected chi connectivity index (χ4v) is 2.71. The Hall–Kier alpha value is -2.15. The molecule has 2 atom stereocenters. The summed E-state index contributed by atoms with van der Waals surface area (Å²) >= 11 is 0. The number of hydrogen-bond donors (Lipinski definition) is 2. The molecule has 0 radical (unpaired) electrons. The summed E-state index contributed by atoms with van der Waals surface area (Å²) in [5.74, 6) is -0.430. The summed E-state index contributed by atoms with van der Waals surface area (Å²) in [4.78, 5) is 23.9. The third-order valence-electron chi connectivity index (χ3n) is 4.09. The van der Waals surface area contributed by atoms with Crippen LogP contribution < -0.4 is 11.5 Å². The van der Waals surface area contributed by atoms with E-state index in [4.69, 9.17) is 11.5 Å². The van der Waals surface area contributed by atoms with Gasteiger partial charge in [0.05, 0.1) is 10.8 Å². The highest BCUT2D eigenvalue weighted by Gasteiger charge is 2.28. The van der Waals surface area contributed by atoms with Gasteiger partial charge >= 0.3 is 0 Å².